The number of anilines is 1. The summed E-state index contributed by atoms with van der Waals surface area (Å²) in [5.74, 6) is 1.64. The topological polar surface area (TPSA) is 47.0 Å². The minimum absolute atomic E-state index is 0.210. The molecule has 1 rings (SSSR count). The van der Waals surface area contributed by atoms with Gasteiger partial charge in [0.2, 0.25) is 5.88 Å². The van der Waals surface area contributed by atoms with Crippen LogP contribution in [0.25, 0.3) is 0 Å². The number of aromatic nitrogens is 2. The number of ether oxygens (including phenoxy) is 1. The van der Waals surface area contributed by atoms with Crippen molar-refractivity contribution in [3.8, 4) is 5.88 Å². The normalized spacial score (nSPS) is 12.2. The van der Waals surface area contributed by atoms with Gasteiger partial charge in [-0.2, -0.15) is 0 Å². The molecule has 0 aromatic carbocycles. The van der Waals surface area contributed by atoms with Gasteiger partial charge in [0.25, 0.3) is 0 Å². The van der Waals surface area contributed by atoms with Gasteiger partial charge in [-0.1, -0.05) is 33.1 Å². The molecule has 1 unspecified atom stereocenters. The van der Waals surface area contributed by atoms with Crippen LogP contribution in [0.1, 0.15) is 65.4 Å². The Morgan fingerprint density at radius 2 is 1.95 bits per heavy atom. The fraction of sp³-hybridized carbons (Fsp3) is 0.750. The molecule has 114 valence electrons. The summed E-state index contributed by atoms with van der Waals surface area (Å²) in [4.78, 5) is 8.59. The first-order chi connectivity index (χ1) is 9.72. The van der Waals surface area contributed by atoms with Crippen LogP contribution in [0.15, 0.2) is 6.33 Å². The van der Waals surface area contributed by atoms with E-state index in [1.54, 1.807) is 6.33 Å². The van der Waals surface area contributed by atoms with Crippen LogP contribution < -0.4 is 10.1 Å². The van der Waals surface area contributed by atoms with E-state index in [9.17, 15) is 0 Å². The molecule has 0 fully saturated rings. The molecule has 1 aromatic rings. The number of rotatable bonds is 10. The molecule has 0 aliphatic rings. The molecule has 20 heavy (non-hydrogen) atoms. The minimum atomic E-state index is 0.210. The first-order valence-electron chi connectivity index (χ1n) is 7.97. The van der Waals surface area contributed by atoms with Crippen LogP contribution in [0, 0.1) is 0 Å². The van der Waals surface area contributed by atoms with Crippen molar-refractivity contribution in [3.63, 3.8) is 0 Å². The SMILES string of the molecule is CCCCCCC(C)Oc1ncnc(NCC)c1CC. The summed E-state index contributed by atoms with van der Waals surface area (Å²) in [6.07, 6.45) is 8.85. The molecule has 0 radical (unpaired) electrons. The van der Waals surface area contributed by atoms with E-state index in [0.29, 0.717) is 0 Å². The number of hydrogen-bond donors (Lipinski definition) is 1. The van der Waals surface area contributed by atoms with Crippen molar-refractivity contribution in [2.75, 3.05) is 11.9 Å². The monoisotopic (exact) mass is 279 g/mol. The highest BCUT2D eigenvalue weighted by Gasteiger charge is 2.13. The maximum atomic E-state index is 6.01. The van der Waals surface area contributed by atoms with Gasteiger partial charge in [-0.05, 0) is 33.1 Å². The molecule has 0 amide bonds. The van der Waals surface area contributed by atoms with Gasteiger partial charge >= 0.3 is 0 Å². The smallest absolute Gasteiger partial charge is 0.222 e. The zero-order valence-electron chi connectivity index (χ0n) is 13.4. The van der Waals surface area contributed by atoms with Crippen LogP contribution in [0.3, 0.4) is 0 Å². The lowest BCUT2D eigenvalue weighted by atomic mass is 10.1. The van der Waals surface area contributed by atoms with E-state index in [0.717, 1.165) is 36.6 Å². The predicted molar refractivity (Wildman–Crippen MR) is 84.4 cm³/mol. The summed E-state index contributed by atoms with van der Waals surface area (Å²) in [7, 11) is 0. The Balaban J connectivity index is 2.59. The molecule has 1 heterocycles. The molecule has 0 saturated heterocycles. The van der Waals surface area contributed by atoms with Gasteiger partial charge in [-0.25, -0.2) is 9.97 Å². The molecule has 1 N–H and O–H groups in total. The molecule has 0 spiro atoms. The predicted octanol–water partition coefficient (Wildman–Crippen LogP) is 4.21. The van der Waals surface area contributed by atoms with Gasteiger partial charge in [0.1, 0.15) is 12.1 Å². The van der Waals surface area contributed by atoms with Crippen molar-refractivity contribution in [3.05, 3.63) is 11.9 Å². The second-order valence-electron chi connectivity index (χ2n) is 5.17. The Hall–Kier alpha value is -1.32. The Bertz CT molecular complexity index is 382. The maximum absolute atomic E-state index is 6.01. The highest BCUT2D eigenvalue weighted by molar-refractivity contribution is 5.48. The van der Waals surface area contributed by atoms with Crippen molar-refractivity contribution in [2.45, 2.75) is 72.3 Å². The molecule has 1 atom stereocenters. The van der Waals surface area contributed by atoms with E-state index in [1.165, 1.54) is 25.7 Å². The van der Waals surface area contributed by atoms with Gasteiger partial charge in [0.05, 0.1) is 11.7 Å². The summed E-state index contributed by atoms with van der Waals surface area (Å²) in [5, 5.41) is 3.27. The summed E-state index contributed by atoms with van der Waals surface area (Å²) >= 11 is 0. The molecular formula is C16H29N3O. The second-order valence-corrected chi connectivity index (χ2v) is 5.17. The standard InChI is InChI=1S/C16H29N3O/c1-5-8-9-10-11-13(4)20-16-14(6-2)15(17-7-3)18-12-19-16/h12-13H,5-11H2,1-4H3,(H,17,18,19). The Labute approximate surface area is 123 Å². The van der Waals surface area contributed by atoms with Crippen molar-refractivity contribution >= 4 is 5.82 Å². The average molecular weight is 279 g/mol. The van der Waals surface area contributed by atoms with Crippen LogP contribution in [0.2, 0.25) is 0 Å². The fourth-order valence-electron chi connectivity index (χ4n) is 2.24. The van der Waals surface area contributed by atoms with Crippen LogP contribution in [0.4, 0.5) is 5.82 Å². The largest absolute Gasteiger partial charge is 0.474 e. The zero-order chi connectivity index (χ0) is 14.8. The van der Waals surface area contributed by atoms with Gasteiger partial charge in [0, 0.05) is 6.54 Å². The quantitative estimate of drug-likeness (QED) is 0.652. The third-order valence-electron chi connectivity index (χ3n) is 3.38. The third-order valence-corrected chi connectivity index (χ3v) is 3.38. The van der Waals surface area contributed by atoms with Crippen molar-refractivity contribution < 1.29 is 4.74 Å². The van der Waals surface area contributed by atoms with E-state index >= 15 is 0 Å². The van der Waals surface area contributed by atoms with Crippen molar-refractivity contribution in [2.24, 2.45) is 0 Å². The number of nitrogens with one attached hydrogen (secondary N) is 1. The van der Waals surface area contributed by atoms with Crippen LogP contribution >= 0.6 is 0 Å². The molecule has 0 saturated carbocycles. The van der Waals surface area contributed by atoms with Gasteiger partial charge in [0.15, 0.2) is 0 Å². The Kier molecular flexibility index (Phi) is 8.00. The van der Waals surface area contributed by atoms with Crippen LogP contribution in [-0.4, -0.2) is 22.6 Å². The van der Waals surface area contributed by atoms with E-state index in [-0.39, 0.29) is 6.10 Å². The highest BCUT2D eigenvalue weighted by Crippen LogP contribution is 2.24. The first-order valence-corrected chi connectivity index (χ1v) is 7.97. The Morgan fingerprint density at radius 1 is 1.15 bits per heavy atom. The summed E-state index contributed by atoms with van der Waals surface area (Å²) in [6, 6.07) is 0. The summed E-state index contributed by atoms with van der Waals surface area (Å²) in [5.41, 5.74) is 1.08. The molecule has 4 nitrogen and oxygen atoms in total. The van der Waals surface area contributed by atoms with E-state index in [1.807, 2.05) is 0 Å². The molecule has 0 aliphatic carbocycles. The maximum Gasteiger partial charge on any atom is 0.222 e. The van der Waals surface area contributed by atoms with Crippen LogP contribution in [0.5, 0.6) is 5.88 Å². The average Bonchev–Trinajstić information content (AvgIpc) is 2.44. The summed E-state index contributed by atoms with van der Waals surface area (Å²) < 4.78 is 6.01. The molecule has 0 aliphatic heterocycles. The van der Waals surface area contributed by atoms with Crippen LogP contribution in [-0.2, 0) is 6.42 Å². The van der Waals surface area contributed by atoms with E-state index < -0.39 is 0 Å². The van der Waals surface area contributed by atoms with E-state index in [2.05, 4.69) is 43.0 Å². The second kappa shape index (κ2) is 9.56. The molecule has 1 aromatic heterocycles. The lowest BCUT2D eigenvalue weighted by Gasteiger charge is -2.17. The minimum Gasteiger partial charge on any atom is -0.474 e. The summed E-state index contributed by atoms with van der Waals surface area (Å²) in [6.45, 7) is 9.39. The Morgan fingerprint density at radius 3 is 2.60 bits per heavy atom. The number of nitrogens with zero attached hydrogens (tertiary/aromatic N) is 2. The lowest BCUT2D eigenvalue weighted by Crippen LogP contribution is -2.15. The van der Waals surface area contributed by atoms with Crippen molar-refractivity contribution in [1.82, 2.24) is 9.97 Å². The van der Waals surface area contributed by atoms with Gasteiger partial charge < -0.3 is 10.1 Å². The van der Waals surface area contributed by atoms with Gasteiger partial charge in [-0.3, -0.25) is 0 Å². The molecular weight excluding hydrogens is 250 g/mol. The third kappa shape index (κ3) is 5.35. The number of hydrogen-bond acceptors (Lipinski definition) is 4. The molecule has 4 heteroatoms. The first kappa shape index (κ1) is 16.7. The van der Waals surface area contributed by atoms with E-state index in [4.69, 9.17) is 4.74 Å². The van der Waals surface area contributed by atoms with Crippen molar-refractivity contribution in [1.29, 1.82) is 0 Å². The van der Waals surface area contributed by atoms with Gasteiger partial charge in [-0.15, -0.1) is 0 Å². The fourth-order valence-corrected chi connectivity index (χ4v) is 2.24. The lowest BCUT2D eigenvalue weighted by molar-refractivity contribution is 0.196. The highest BCUT2D eigenvalue weighted by atomic mass is 16.5. The molecule has 0 bridgehead atoms. The zero-order valence-corrected chi connectivity index (χ0v) is 13.4. The number of unbranched alkanes of at least 4 members (excludes halogenated alkanes) is 3.